The van der Waals surface area contributed by atoms with Crippen molar-refractivity contribution in [3.05, 3.63) is 70.4 Å². The molecule has 2 aliphatic rings. The van der Waals surface area contributed by atoms with Crippen molar-refractivity contribution in [2.75, 3.05) is 17.7 Å². The topological polar surface area (TPSA) is 148 Å². The number of carbonyl (C=O) groups excluding carboxylic acids is 1. The highest BCUT2D eigenvalue weighted by molar-refractivity contribution is 7.53. The zero-order valence-electron chi connectivity index (χ0n) is 26.5. The molecule has 0 saturated heterocycles. The monoisotopic (exact) mass is 755 g/mol. The van der Waals surface area contributed by atoms with Gasteiger partial charge in [-0.25, -0.2) is 4.98 Å². The van der Waals surface area contributed by atoms with Crippen LogP contribution in [0.4, 0.5) is 62.7 Å². The molecule has 3 aromatic rings. The summed E-state index contributed by atoms with van der Waals surface area (Å²) in [7, 11) is -4.59. The van der Waals surface area contributed by atoms with Gasteiger partial charge in [0.25, 0.3) is 5.91 Å². The Morgan fingerprint density at radius 3 is 2.00 bits per heavy atom. The Hall–Kier alpha value is -3.93. The number of halogens is 9. The number of benzene rings is 2. The molecule has 5 rings (SSSR count). The number of aliphatic hydroxyl groups excluding tert-OH is 1. The lowest BCUT2D eigenvalue weighted by atomic mass is 9.80. The highest BCUT2D eigenvalue weighted by Crippen LogP contribution is 2.65. The van der Waals surface area contributed by atoms with E-state index in [-0.39, 0.29) is 29.4 Å². The minimum atomic E-state index is -6.13. The van der Waals surface area contributed by atoms with E-state index in [2.05, 4.69) is 20.6 Å². The number of alkyl halides is 9. The third kappa shape index (κ3) is 8.42. The second-order valence-electron chi connectivity index (χ2n) is 12.7. The van der Waals surface area contributed by atoms with Crippen LogP contribution < -0.4 is 10.6 Å². The SMILES string of the molecule is CN1Cc2c(c(Nc3nc(Nc4ccc(C(CC(F)(F)F)(CC(F)(F)F)P(=O)(O)O)cc4)ncc3C(F)(F)F)ccc2[C@H]2CC[C@H](O)CC2)C1=O. The maximum absolute atomic E-state index is 14.1. The van der Waals surface area contributed by atoms with Crippen molar-refractivity contribution in [2.45, 2.75) is 80.8 Å². The molecule has 0 unspecified atom stereocenters. The molecular weight excluding hydrogens is 724 g/mol. The van der Waals surface area contributed by atoms with Gasteiger partial charge in [0.05, 0.1) is 30.2 Å². The fourth-order valence-electron chi connectivity index (χ4n) is 6.62. The minimum absolute atomic E-state index is 0.0153. The van der Waals surface area contributed by atoms with Gasteiger partial charge < -0.3 is 30.4 Å². The average molecular weight is 756 g/mol. The van der Waals surface area contributed by atoms with Crippen LogP contribution in [-0.4, -0.2) is 61.2 Å². The number of nitrogens with zero attached hydrogens (tertiary/aromatic N) is 3. The van der Waals surface area contributed by atoms with E-state index in [9.17, 15) is 63.8 Å². The van der Waals surface area contributed by atoms with Gasteiger partial charge in [-0.2, -0.15) is 44.5 Å². The molecular formula is C31H31F9N5O5P. The third-order valence-corrected chi connectivity index (χ3v) is 10.7. The van der Waals surface area contributed by atoms with Crippen molar-refractivity contribution in [1.29, 1.82) is 0 Å². The number of anilines is 4. The molecule has 1 fully saturated rings. The Labute approximate surface area is 284 Å². The van der Waals surface area contributed by atoms with E-state index in [0.717, 1.165) is 17.7 Å². The van der Waals surface area contributed by atoms with E-state index in [1.54, 1.807) is 6.07 Å². The van der Waals surface area contributed by atoms with Crippen LogP contribution in [0.3, 0.4) is 0 Å². The summed E-state index contributed by atoms with van der Waals surface area (Å²) in [5, 5.41) is 11.3. The van der Waals surface area contributed by atoms with E-state index >= 15 is 0 Å². The molecule has 10 nitrogen and oxygen atoms in total. The number of nitrogens with one attached hydrogen (secondary N) is 2. The molecule has 2 aromatic carbocycles. The molecule has 51 heavy (non-hydrogen) atoms. The number of fused-ring (bicyclic) bond motifs is 1. The summed E-state index contributed by atoms with van der Waals surface area (Å²) >= 11 is 0. The van der Waals surface area contributed by atoms with Gasteiger partial charge in [0.1, 0.15) is 16.5 Å². The molecule has 0 atom stereocenters. The maximum atomic E-state index is 14.1. The zero-order chi connectivity index (χ0) is 37.7. The van der Waals surface area contributed by atoms with Crippen LogP contribution in [0, 0.1) is 0 Å². The summed E-state index contributed by atoms with van der Waals surface area (Å²) in [6, 6.07) is 6.15. The molecule has 278 valence electrons. The van der Waals surface area contributed by atoms with Crippen molar-refractivity contribution in [3.8, 4) is 0 Å². The molecule has 1 saturated carbocycles. The first-order chi connectivity index (χ1) is 23.5. The van der Waals surface area contributed by atoms with Gasteiger partial charge in [0.2, 0.25) is 5.95 Å². The number of hydrogen-bond acceptors (Lipinski definition) is 7. The maximum Gasteiger partial charge on any atom is 0.421 e. The number of amides is 1. The molecule has 20 heteroatoms. The van der Waals surface area contributed by atoms with E-state index in [1.165, 1.54) is 18.0 Å². The Morgan fingerprint density at radius 2 is 1.47 bits per heavy atom. The normalized spacial score (nSPS) is 18.9. The molecule has 1 amide bonds. The Balaban J connectivity index is 1.49. The number of rotatable bonds is 9. The van der Waals surface area contributed by atoms with Gasteiger partial charge >= 0.3 is 26.1 Å². The summed E-state index contributed by atoms with van der Waals surface area (Å²) in [6.07, 6.45) is -18.4. The largest absolute Gasteiger partial charge is 0.421 e. The summed E-state index contributed by atoms with van der Waals surface area (Å²) in [5.41, 5.74) is -0.848. The molecule has 0 spiro atoms. The molecule has 2 heterocycles. The Morgan fingerprint density at radius 1 is 0.882 bits per heavy atom. The van der Waals surface area contributed by atoms with Crippen LogP contribution in [0.15, 0.2) is 42.6 Å². The molecule has 5 N–H and O–H groups in total. The van der Waals surface area contributed by atoms with Gasteiger partial charge in [0, 0.05) is 25.5 Å². The van der Waals surface area contributed by atoms with Gasteiger partial charge in [-0.15, -0.1) is 0 Å². The quantitative estimate of drug-likeness (QED) is 0.109. The summed E-state index contributed by atoms with van der Waals surface area (Å²) < 4.78 is 135. The van der Waals surface area contributed by atoms with Crippen molar-refractivity contribution < 1.29 is 63.8 Å². The first-order valence-electron chi connectivity index (χ1n) is 15.3. The minimum Gasteiger partial charge on any atom is -0.393 e. The second-order valence-corrected chi connectivity index (χ2v) is 14.6. The van der Waals surface area contributed by atoms with Crippen LogP contribution in [0.1, 0.15) is 77.1 Å². The summed E-state index contributed by atoms with van der Waals surface area (Å²) in [6.45, 7) is 0.200. The second kappa shape index (κ2) is 13.6. The van der Waals surface area contributed by atoms with Crippen molar-refractivity contribution >= 4 is 36.6 Å². The first-order valence-corrected chi connectivity index (χ1v) is 17.0. The fraction of sp³-hybridized carbons (Fsp3) is 0.452. The van der Waals surface area contributed by atoms with E-state index < -0.39 is 79.0 Å². The van der Waals surface area contributed by atoms with E-state index in [1.807, 2.05) is 0 Å². The predicted octanol–water partition coefficient (Wildman–Crippen LogP) is 7.86. The number of hydrogen-bond donors (Lipinski definition) is 5. The Bertz CT molecular complexity index is 1810. The van der Waals surface area contributed by atoms with Crippen LogP contribution in [-0.2, 0) is 22.4 Å². The summed E-state index contributed by atoms with van der Waals surface area (Å²) in [5.74, 6) is -1.72. The lowest BCUT2D eigenvalue weighted by Gasteiger charge is -2.36. The van der Waals surface area contributed by atoms with Crippen molar-refractivity contribution in [2.24, 2.45) is 0 Å². The van der Waals surface area contributed by atoms with Crippen LogP contribution in [0.2, 0.25) is 0 Å². The lowest BCUT2D eigenvalue weighted by molar-refractivity contribution is -0.171. The van der Waals surface area contributed by atoms with E-state index in [0.29, 0.717) is 49.6 Å². The number of carbonyl (C=O) groups is 1. The third-order valence-electron chi connectivity index (χ3n) is 9.01. The van der Waals surface area contributed by atoms with Gasteiger partial charge in [0.15, 0.2) is 0 Å². The lowest BCUT2D eigenvalue weighted by Crippen LogP contribution is -2.37. The standard InChI is InChI=1S/C31H31F9N5O5P/c1-45-13-21-20(16-2-8-19(46)9-3-16)10-11-23(24(21)26(45)47)43-25-22(31(38,39)40)12-41-27(44-25)42-18-6-4-17(5-7-18)28(51(48,49)50,14-29(32,33)34)15-30(35,36)37/h4-7,10-12,16,19,46H,2-3,8-9,13-15H2,1H3,(H2,48,49,50)(H2,41,42,43,44)/t16-,19-. The van der Waals surface area contributed by atoms with E-state index in [4.69, 9.17) is 0 Å². The molecule has 1 aliphatic heterocycles. The molecule has 1 aromatic heterocycles. The first kappa shape index (κ1) is 38.3. The number of aromatic nitrogens is 2. The van der Waals surface area contributed by atoms with Crippen LogP contribution in [0.25, 0.3) is 0 Å². The van der Waals surface area contributed by atoms with Crippen LogP contribution >= 0.6 is 7.60 Å². The van der Waals surface area contributed by atoms with Gasteiger partial charge in [-0.05, 0) is 66.5 Å². The number of aliphatic hydroxyl groups is 1. The zero-order valence-corrected chi connectivity index (χ0v) is 27.4. The smallest absolute Gasteiger partial charge is 0.393 e. The summed E-state index contributed by atoms with van der Waals surface area (Å²) in [4.78, 5) is 41.7. The highest BCUT2D eigenvalue weighted by atomic mass is 31.2. The molecule has 0 radical (unpaired) electrons. The average Bonchev–Trinajstić information content (AvgIpc) is 3.29. The van der Waals surface area contributed by atoms with Crippen molar-refractivity contribution in [1.82, 2.24) is 14.9 Å². The van der Waals surface area contributed by atoms with Crippen LogP contribution in [0.5, 0.6) is 0 Å². The van der Waals surface area contributed by atoms with Gasteiger partial charge in [-0.1, -0.05) is 18.2 Å². The molecule has 1 aliphatic carbocycles. The molecule has 0 bridgehead atoms. The van der Waals surface area contributed by atoms with Crippen molar-refractivity contribution in [3.63, 3.8) is 0 Å². The fourth-order valence-corrected chi connectivity index (χ4v) is 7.88. The van der Waals surface area contributed by atoms with Gasteiger partial charge in [-0.3, -0.25) is 9.36 Å². The Kier molecular flexibility index (Phi) is 10.2. The highest BCUT2D eigenvalue weighted by Gasteiger charge is 2.59. The predicted molar refractivity (Wildman–Crippen MR) is 165 cm³/mol.